The number of hydrogen-bond acceptors (Lipinski definition) is 2. The molecule has 0 aromatic heterocycles. The van der Waals surface area contributed by atoms with E-state index in [9.17, 15) is 14.0 Å². The lowest BCUT2D eigenvalue weighted by atomic mass is 9.95. The number of amides is 2. The number of rotatable bonds is 4. The van der Waals surface area contributed by atoms with Crippen molar-refractivity contribution in [3.63, 3.8) is 0 Å². The molecule has 2 amide bonds. The van der Waals surface area contributed by atoms with Crippen LogP contribution in [-0.2, 0) is 16.0 Å². The van der Waals surface area contributed by atoms with Crippen molar-refractivity contribution in [3.8, 4) is 0 Å². The number of likely N-dealkylation sites (tertiary alicyclic amines) is 1. The summed E-state index contributed by atoms with van der Waals surface area (Å²) in [5, 5.41) is 2.95. The summed E-state index contributed by atoms with van der Waals surface area (Å²) < 4.78 is 13.7. The lowest BCUT2D eigenvalue weighted by Gasteiger charge is -2.31. The van der Waals surface area contributed by atoms with Crippen LogP contribution in [0.25, 0.3) is 0 Å². The SMILES string of the molecule is Cc1cccc(NC(=O)C2CCN(C(=O)Cc3ccccc3F)CC2)c1. The van der Waals surface area contributed by atoms with Gasteiger partial charge in [-0.3, -0.25) is 9.59 Å². The molecule has 1 aliphatic rings. The molecule has 0 bridgehead atoms. The first-order valence-electron chi connectivity index (χ1n) is 8.91. The van der Waals surface area contributed by atoms with E-state index >= 15 is 0 Å². The highest BCUT2D eigenvalue weighted by atomic mass is 19.1. The van der Waals surface area contributed by atoms with Gasteiger partial charge in [-0.15, -0.1) is 0 Å². The number of nitrogens with one attached hydrogen (secondary N) is 1. The van der Waals surface area contributed by atoms with Crippen molar-refractivity contribution in [3.05, 3.63) is 65.5 Å². The Morgan fingerprint density at radius 1 is 1.12 bits per heavy atom. The van der Waals surface area contributed by atoms with Crippen LogP contribution in [0, 0.1) is 18.7 Å². The van der Waals surface area contributed by atoms with Crippen molar-refractivity contribution < 1.29 is 14.0 Å². The number of aryl methyl sites for hydroxylation is 1. The monoisotopic (exact) mass is 354 g/mol. The Balaban J connectivity index is 1.51. The number of carbonyl (C=O) groups excluding carboxylic acids is 2. The van der Waals surface area contributed by atoms with Gasteiger partial charge in [-0.2, -0.15) is 0 Å². The zero-order chi connectivity index (χ0) is 18.5. The normalized spacial score (nSPS) is 14.9. The standard InChI is InChI=1S/C21H23FN2O2/c1-15-5-4-7-18(13-15)23-21(26)16-9-11-24(12-10-16)20(25)14-17-6-2-3-8-19(17)22/h2-8,13,16H,9-12,14H2,1H3,(H,23,26). The lowest BCUT2D eigenvalue weighted by molar-refractivity contribution is -0.133. The van der Waals surface area contributed by atoms with Crippen LogP contribution in [-0.4, -0.2) is 29.8 Å². The van der Waals surface area contributed by atoms with E-state index < -0.39 is 0 Å². The molecule has 0 radical (unpaired) electrons. The average molecular weight is 354 g/mol. The van der Waals surface area contributed by atoms with Crippen LogP contribution in [0.2, 0.25) is 0 Å². The highest BCUT2D eigenvalue weighted by Crippen LogP contribution is 2.21. The zero-order valence-corrected chi connectivity index (χ0v) is 14.9. The van der Waals surface area contributed by atoms with Gasteiger partial charge in [-0.05, 0) is 49.1 Å². The number of piperidine rings is 1. The summed E-state index contributed by atoms with van der Waals surface area (Å²) in [6, 6.07) is 14.0. The van der Waals surface area contributed by atoms with Gasteiger partial charge in [0.05, 0.1) is 6.42 Å². The van der Waals surface area contributed by atoms with Crippen molar-refractivity contribution in [1.29, 1.82) is 0 Å². The molecule has 2 aromatic rings. The molecule has 136 valence electrons. The Labute approximate surface area is 153 Å². The first-order valence-corrected chi connectivity index (χ1v) is 8.91. The minimum Gasteiger partial charge on any atom is -0.342 e. The molecule has 5 heteroatoms. The molecule has 3 rings (SSSR count). The fraction of sp³-hybridized carbons (Fsp3) is 0.333. The quantitative estimate of drug-likeness (QED) is 0.913. The number of halogens is 1. The second-order valence-corrected chi connectivity index (χ2v) is 6.78. The van der Waals surface area contributed by atoms with E-state index in [-0.39, 0.29) is 30.0 Å². The molecule has 1 heterocycles. The smallest absolute Gasteiger partial charge is 0.227 e. The van der Waals surface area contributed by atoms with Crippen LogP contribution in [0.5, 0.6) is 0 Å². The van der Waals surface area contributed by atoms with Crippen molar-refractivity contribution in [2.45, 2.75) is 26.2 Å². The number of hydrogen-bond donors (Lipinski definition) is 1. The second kappa shape index (κ2) is 8.13. The van der Waals surface area contributed by atoms with Crippen molar-refractivity contribution in [2.75, 3.05) is 18.4 Å². The number of anilines is 1. The molecule has 1 N–H and O–H groups in total. The summed E-state index contributed by atoms with van der Waals surface area (Å²) in [5.41, 5.74) is 2.31. The van der Waals surface area contributed by atoms with Crippen LogP contribution in [0.15, 0.2) is 48.5 Å². The van der Waals surface area contributed by atoms with Gasteiger partial charge in [0.2, 0.25) is 11.8 Å². The predicted octanol–water partition coefficient (Wildman–Crippen LogP) is 3.55. The van der Waals surface area contributed by atoms with Gasteiger partial charge in [0.1, 0.15) is 5.82 Å². The summed E-state index contributed by atoms with van der Waals surface area (Å²) in [6.45, 7) is 3.04. The molecule has 0 unspecified atom stereocenters. The van der Waals surface area contributed by atoms with E-state index in [1.807, 2.05) is 31.2 Å². The molecular weight excluding hydrogens is 331 g/mol. The maximum atomic E-state index is 13.7. The van der Waals surface area contributed by atoms with E-state index in [4.69, 9.17) is 0 Å². The summed E-state index contributed by atoms with van der Waals surface area (Å²) in [7, 11) is 0. The highest BCUT2D eigenvalue weighted by Gasteiger charge is 2.27. The van der Waals surface area contributed by atoms with Crippen molar-refractivity contribution in [1.82, 2.24) is 4.90 Å². The predicted molar refractivity (Wildman–Crippen MR) is 99.2 cm³/mol. The molecule has 1 aliphatic heterocycles. The second-order valence-electron chi connectivity index (χ2n) is 6.78. The number of benzene rings is 2. The Hall–Kier alpha value is -2.69. The third-order valence-electron chi connectivity index (χ3n) is 4.80. The molecular formula is C21H23FN2O2. The van der Waals surface area contributed by atoms with Crippen LogP contribution < -0.4 is 5.32 Å². The third-order valence-corrected chi connectivity index (χ3v) is 4.80. The Morgan fingerprint density at radius 2 is 1.85 bits per heavy atom. The van der Waals surface area contributed by atoms with E-state index in [2.05, 4.69) is 5.32 Å². The van der Waals surface area contributed by atoms with E-state index in [0.29, 0.717) is 31.5 Å². The van der Waals surface area contributed by atoms with Gasteiger partial charge >= 0.3 is 0 Å². The number of carbonyl (C=O) groups is 2. The molecule has 0 saturated carbocycles. The Morgan fingerprint density at radius 3 is 2.54 bits per heavy atom. The van der Waals surface area contributed by atoms with Gasteiger partial charge in [0.25, 0.3) is 0 Å². The molecule has 4 nitrogen and oxygen atoms in total. The van der Waals surface area contributed by atoms with E-state index in [1.54, 1.807) is 23.1 Å². The highest BCUT2D eigenvalue weighted by molar-refractivity contribution is 5.92. The summed E-state index contributed by atoms with van der Waals surface area (Å²) >= 11 is 0. The van der Waals surface area contributed by atoms with Crippen molar-refractivity contribution >= 4 is 17.5 Å². The maximum absolute atomic E-state index is 13.7. The molecule has 1 fully saturated rings. The summed E-state index contributed by atoms with van der Waals surface area (Å²) in [6.07, 6.45) is 1.31. The maximum Gasteiger partial charge on any atom is 0.227 e. The lowest BCUT2D eigenvalue weighted by Crippen LogP contribution is -2.42. The van der Waals surface area contributed by atoms with Crippen molar-refractivity contribution in [2.24, 2.45) is 5.92 Å². The first kappa shape index (κ1) is 18.1. The Bertz CT molecular complexity index is 798. The van der Waals surface area contributed by atoms with Gasteiger partial charge in [0.15, 0.2) is 0 Å². The largest absolute Gasteiger partial charge is 0.342 e. The average Bonchev–Trinajstić information content (AvgIpc) is 2.64. The van der Waals surface area contributed by atoms with Crippen LogP contribution in [0.4, 0.5) is 10.1 Å². The molecule has 0 aliphatic carbocycles. The molecule has 26 heavy (non-hydrogen) atoms. The Kier molecular flexibility index (Phi) is 5.66. The molecule has 2 aromatic carbocycles. The topological polar surface area (TPSA) is 49.4 Å². The minimum absolute atomic E-state index is 0.00296. The summed E-state index contributed by atoms with van der Waals surface area (Å²) in [4.78, 5) is 26.5. The van der Waals surface area contributed by atoms with Gasteiger partial charge < -0.3 is 10.2 Å². The molecule has 1 saturated heterocycles. The minimum atomic E-state index is -0.353. The van der Waals surface area contributed by atoms with Crippen LogP contribution in [0.3, 0.4) is 0 Å². The fourth-order valence-corrected chi connectivity index (χ4v) is 3.27. The van der Waals surface area contributed by atoms with E-state index in [1.165, 1.54) is 6.07 Å². The van der Waals surface area contributed by atoms with Crippen LogP contribution in [0.1, 0.15) is 24.0 Å². The summed E-state index contributed by atoms with van der Waals surface area (Å²) in [5.74, 6) is -0.550. The van der Waals surface area contributed by atoms with Crippen LogP contribution >= 0.6 is 0 Å². The number of nitrogens with zero attached hydrogens (tertiary/aromatic N) is 1. The fourth-order valence-electron chi connectivity index (χ4n) is 3.27. The van der Waals surface area contributed by atoms with Gasteiger partial charge in [0, 0.05) is 24.7 Å². The molecule has 0 atom stereocenters. The molecule has 0 spiro atoms. The first-order chi connectivity index (χ1) is 12.5. The zero-order valence-electron chi connectivity index (χ0n) is 14.9. The van der Waals surface area contributed by atoms with E-state index in [0.717, 1.165) is 11.3 Å². The third kappa shape index (κ3) is 4.48. The van der Waals surface area contributed by atoms with Gasteiger partial charge in [-0.1, -0.05) is 30.3 Å². The van der Waals surface area contributed by atoms with Gasteiger partial charge in [-0.25, -0.2) is 4.39 Å².